The Labute approximate surface area is 229 Å². The number of carboxylic acids is 1. The maximum Gasteiger partial charge on any atom is 0.305 e. The minimum atomic E-state index is -1.66. The van der Waals surface area contributed by atoms with Crippen molar-refractivity contribution in [3.8, 4) is 5.75 Å². The molecule has 12 heteroatoms. The van der Waals surface area contributed by atoms with E-state index in [4.69, 9.17) is 9.84 Å². The molecule has 1 atom stereocenters. The van der Waals surface area contributed by atoms with Crippen LogP contribution in [-0.2, 0) is 29.4 Å². The lowest BCUT2D eigenvalue weighted by atomic mass is 9.86. The average molecular weight is 565 g/mol. The molecule has 0 aliphatic rings. The molecule has 9 nitrogen and oxygen atoms in total. The van der Waals surface area contributed by atoms with Gasteiger partial charge in [0.05, 0.1) is 6.42 Å². The summed E-state index contributed by atoms with van der Waals surface area (Å²) in [5.74, 6) is -10.4. The molecular formula is C28H31F3N2O7. The fourth-order valence-electron chi connectivity index (χ4n) is 3.72. The average Bonchev–Trinajstić information content (AvgIpc) is 2.86. The lowest BCUT2D eigenvalue weighted by molar-refractivity contribution is -0.140. The lowest BCUT2D eigenvalue weighted by Crippen LogP contribution is -2.44. The Kier molecular flexibility index (Phi) is 11.0. The van der Waals surface area contributed by atoms with Crippen LogP contribution in [0.25, 0.3) is 0 Å². The number of aliphatic carboxylic acids is 1. The van der Waals surface area contributed by atoms with Crippen LogP contribution in [-0.4, -0.2) is 47.1 Å². The lowest BCUT2D eigenvalue weighted by Gasteiger charge is -2.22. The standard InChI is InChI=1S/C28H31F3N2O7/c1-15-12-17(29)25(31)26(24(15)30)40-14-21(35)19(13-23(37)38)32-22(36)11-7-10-20(34)27(39)33-18-9-6-5-8-16(18)28(2,3)4/h5-6,8-9,12,19H,7,10-11,13-14H2,1-4H3,(H,32,36)(H,33,39)(H,37,38)/t19-/m0/s1. The number of anilines is 1. The van der Waals surface area contributed by atoms with Gasteiger partial charge in [0.25, 0.3) is 5.91 Å². The third-order valence-electron chi connectivity index (χ3n) is 5.80. The van der Waals surface area contributed by atoms with Crippen molar-refractivity contribution in [1.82, 2.24) is 5.32 Å². The third-order valence-corrected chi connectivity index (χ3v) is 5.80. The number of benzene rings is 2. The summed E-state index contributed by atoms with van der Waals surface area (Å²) in [5.41, 5.74) is 0.736. The number of hydrogen-bond donors (Lipinski definition) is 3. The van der Waals surface area contributed by atoms with E-state index in [2.05, 4.69) is 10.6 Å². The number of ether oxygens (including phenoxy) is 1. The van der Waals surface area contributed by atoms with Gasteiger partial charge in [0.15, 0.2) is 23.2 Å². The van der Waals surface area contributed by atoms with Crippen LogP contribution in [0.4, 0.5) is 18.9 Å². The van der Waals surface area contributed by atoms with E-state index >= 15 is 0 Å². The van der Waals surface area contributed by atoms with E-state index in [0.29, 0.717) is 11.8 Å². The number of aryl methyl sites for hydroxylation is 1. The van der Waals surface area contributed by atoms with E-state index in [1.54, 1.807) is 12.1 Å². The molecule has 216 valence electrons. The quantitative estimate of drug-likeness (QED) is 0.247. The number of Topliss-reactive ketones (excluding diaryl/α,β-unsaturated/α-hetero) is 2. The highest BCUT2D eigenvalue weighted by Gasteiger charge is 2.27. The van der Waals surface area contributed by atoms with Crippen molar-refractivity contribution >= 4 is 35.0 Å². The molecule has 2 aromatic rings. The Morgan fingerprint density at radius 3 is 2.27 bits per heavy atom. The zero-order valence-electron chi connectivity index (χ0n) is 22.5. The molecule has 0 aromatic heterocycles. The van der Waals surface area contributed by atoms with Crippen LogP contribution in [0.1, 0.15) is 57.6 Å². The van der Waals surface area contributed by atoms with Gasteiger partial charge >= 0.3 is 5.97 Å². The largest absolute Gasteiger partial charge is 0.481 e. The summed E-state index contributed by atoms with van der Waals surface area (Å²) < 4.78 is 46.3. The molecule has 0 unspecified atom stereocenters. The van der Waals surface area contributed by atoms with Crippen molar-refractivity contribution in [2.75, 3.05) is 11.9 Å². The fraction of sp³-hybridized carbons (Fsp3) is 0.393. The Bertz CT molecular complexity index is 1280. The molecule has 0 fully saturated rings. The van der Waals surface area contributed by atoms with Gasteiger partial charge in [-0.25, -0.2) is 8.78 Å². The Morgan fingerprint density at radius 2 is 1.65 bits per heavy atom. The van der Waals surface area contributed by atoms with E-state index in [-0.39, 0.29) is 30.2 Å². The highest BCUT2D eigenvalue weighted by molar-refractivity contribution is 6.40. The second kappa shape index (κ2) is 13.7. The van der Waals surface area contributed by atoms with Crippen molar-refractivity contribution in [1.29, 1.82) is 0 Å². The molecule has 0 aliphatic carbocycles. The second-order valence-electron chi connectivity index (χ2n) is 10.1. The normalized spacial score (nSPS) is 11.9. The number of para-hydroxylation sites is 1. The number of halogens is 3. The Balaban J connectivity index is 1.93. The predicted molar refractivity (Wildman–Crippen MR) is 138 cm³/mol. The Morgan fingerprint density at radius 1 is 1.00 bits per heavy atom. The summed E-state index contributed by atoms with van der Waals surface area (Å²) in [6, 6.07) is 6.00. The summed E-state index contributed by atoms with van der Waals surface area (Å²) in [5, 5.41) is 13.8. The number of ketones is 2. The SMILES string of the molecule is Cc1cc(F)c(F)c(OCC(=O)[C@H](CC(=O)O)NC(=O)CCCC(=O)C(=O)Nc2ccccc2C(C)(C)C)c1F. The van der Waals surface area contributed by atoms with Crippen molar-refractivity contribution in [3.05, 3.63) is 58.9 Å². The van der Waals surface area contributed by atoms with Crippen LogP contribution in [0.15, 0.2) is 30.3 Å². The molecule has 0 aliphatic heterocycles. The molecule has 3 N–H and O–H groups in total. The monoisotopic (exact) mass is 564 g/mol. The predicted octanol–water partition coefficient (Wildman–Crippen LogP) is 4.00. The van der Waals surface area contributed by atoms with Crippen LogP contribution in [0.2, 0.25) is 0 Å². The molecule has 0 heterocycles. The van der Waals surface area contributed by atoms with Gasteiger partial charge in [0.2, 0.25) is 17.5 Å². The van der Waals surface area contributed by atoms with Gasteiger partial charge in [-0.15, -0.1) is 0 Å². The summed E-state index contributed by atoms with van der Waals surface area (Å²) in [6.07, 6.45) is -1.57. The van der Waals surface area contributed by atoms with Crippen LogP contribution in [0, 0.1) is 24.4 Å². The zero-order valence-corrected chi connectivity index (χ0v) is 22.5. The Hall–Kier alpha value is -4.22. The molecule has 2 rings (SSSR count). The van der Waals surface area contributed by atoms with Gasteiger partial charge in [0.1, 0.15) is 12.6 Å². The van der Waals surface area contributed by atoms with Gasteiger partial charge in [-0.05, 0) is 42.0 Å². The van der Waals surface area contributed by atoms with Gasteiger partial charge in [-0.2, -0.15) is 4.39 Å². The van der Waals surface area contributed by atoms with Crippen molar-refractivity contribution in [2.45, 2.75) is 64.8 Å². The summed E-state index contributed by atoms with van der Waals surface area (Å²) in [4.78, 5) is 60.7. The fourth-order valence-corrected chi connectivity index (χ4v) is 3.72. The number of hydrogen-bond acceptors (Lipinski definition) is 6. The molecule has 2 amide bonds. The first kappa shape index (κ1) is 32.0. The minimum Gasteiger partial charge on any atom is -0.481 e. The molecule has 40 heavy (non-hydrogen) atoms. The summed E-state index contributed by atoms with van der Waals surface area (Å²) >= 11 is 0. The highest BCUT2D eigenvalue weighted by Crippen LogP contribution is 2.29. The van der Waals surface area contributed by atoms with Crippen molar-refractivity contribution < 1.29 is 47.0 Å². The smallest absolute Gasteiger partial charge is 0.305 e. The second-order valence-corrected chi connectivity index (χ2v) is 10.1. The number of amides is 2. The van der Waals surface area contributed by atoms with Gasteiger partial charge in [-0.1, -0.05) is 39.0 Å². The molecule has 0 saturated carbocycles. The zero-order chi connectivity index (χ0) is 30.2. The summed E-state index contributed by atoms with van der Waals surface area (Å²) in [6.45, 7) is 5.95. The first-order valence-corrected chi connectivity index (χ1v) is 12.4. The van der Waals surface area contributed by atoms with Crippen LogP contribution in [0.3, 0.4) is 0 Å². The first-order valence-electron chi connectivity index (χ1n) is 12.4. The molecular weight excluding hydrogens is 533 g/mol. The van der Waals surface area contributed by atoms with Crippen LogP contribution >= 0.6 is 0 Å². The molecule has 0 bridgehead atoms. The maximum absolute atomic E-state index is 14.1. The molecule has 2 aromatic carbocycles. The third kappa shape index (κ3) is 8.92. The first-order chi connectivity index (χ1) is 18.6. The van der Waals surface area contributed by atoms with E-state index in [9.17, 15) is 37.1 Å². The number of carbonyl (C=O) groups excluding carboxylic acids is 4. The van der Waals surface area contributed by atoms with Crippen molar-refractivity contribution in [2.24, 2.45) is 0 Å². The molecule has 0 saturated heterocycles. The minimum absolute atomic E-state index is 0.0809. The van der Waals surface area contributed by atoms with E-state index in [1.807, 2.05) is 32.9 Å². The van der Waals surface area contributed by atoms with Crippen LogP contribution in [0.5, 0.6) is 5.75 Å². The number of nitrogens with one attached hydrogen (secondary N) is 2. The maximum atomic E-state index is 14.1. The number of carboxylic acid groups (broad SMARTS) is 1. The molecule has 0 spiro atoms. The molecule has 0 radical (unpaired) electrons. The van der Waals surface area contributed by atoms with Crippen molar-refractivity contribution in [3.63, 3.8) is 0 Å². The topological polar surface area (TPSA) is 139 Å². The van der Waals surface area contributed by atoms with Crippen LogP contribution < -0.4 is 15.4 Å². The highest BCUT2D eigenvalue weighted by atomic mass is 19.2. The van der Waals surface area contributed by atoms with E-state index in [0.717, 1.165) is 12.5 Å². The van der Waals surface area contributed by atoms with Gasteiger partial charge in [0, 0.05) is 18.5 Å². The van der Waals surface area contributed by atoms with Gasteiger partial charge < -0.3 is 20.5 Å². The number of carbonyl (C=O) groups is 5. The van der Waals surface area contributed by atoms with E-state index < -0.39 is 71.6 Å². The van der Waals surface area contributed by atoms with Gasteiger partial charge in [-0.3, -0.25) is 24.0 Å². The number of rotatable bonds is 13. The van der Waals surface area contributed by atoms with E-state index in [1.165, 1.54) is 0 Å². The summed E-state index contributed by atoms with van der Waals surface area (Å²) in [7, 11) is 0.